The minimum atomic E-state index is -0.734. The topological polar surface area (TPSA) is 60.4 Å². The van der Waals surface area contributed by atoms with Gasteiger partial charge in [0.1, 0.15) is 5.57 Å². The molecule has 0 unspecified atom stereocenters. The van der Waals surface area contributed by atoms with Crippen LogP contribution >= 0.6 is 0 Å². The van der Waals surface area contributed by atoms with E-state index in [2.05, 4.69) is 4.74 Å². The fraction of sp³-hybridized carbons (Fsp3) is 0.500. The first-order valence-corrected chi connectivity index (χ1v) is 4.45. The van der Waals surface area contributed by atoms with Crippen LogP contribution in [0.25, 0.3) is 0 Å². The van der Waals surface area contributed by atoms with Crippen LogP contribution in [0.15, 0.2) is 11.6 Å². The van der Waals surface area contributed by atoms with Crippen molar-refractivity contribution in [3.8, 4) is 0 Å². The van der Waals surface area contributed by atoms with Crippen molar-refractivity contribution < 1.29 is 19.1 Å². The first kappa shape index (κ1) is 12.6. The number of carbonyl (C=O) groups is 3. The normalized spacial score (nSPS) is 10.9. The SMILES string of the molecule is CCOC(=O)/C(=C/C(=O)CC)C(C)=O. The van der Waals surface area contributed by atoms with E-state index in [0.29, 0.717) is 0 Å². The number of hydrogen-bond donors (Lipinski definition) is 0. The highest BCUT2D eigenvalue weighted by Crippen LogP contribution is 2.01. The highest BCUT2D eigenvalue weighted by molar-refractivity contribution is 6.19. The predicted octanol–water partition coefficient (Wildman–Crippen LogP) is 1.04. The Morgan fingerprint density at radius 2 is 1.79 bits per heavy atom. The number of allylic oxidation sites excluding steroid dienone is 1. The summed E-state index contributed by atoms with van der Waals surface area (Å²) in [5.74, 6) is -1.45. The van der Waals surface area contributed by atoms with Crippen molar-refractivity contribution in [3.63, 3.8) is 0 Å². The van der Waals surface area contributed by atoms with E-state index in [9.17, 15) is 14.4 Å². The molecule has 0 aromatic rings. The largest absolute Gasteiger partial charge is 0.462 e. The van der Waals surface area contributed by atoms with Gasteiger partial charge < -0.3 is 4.74 Å². The third-order valence-corrected chi connectivity index (χ3v) is 1.53. The zero-order valence-electron chi connectivity index (χ0n) is 8.62. The van der Waals surface area contributed by atoms with E-state index in [-0.39, 0.29) is 24.4 Å². The average Bonchev–Trinajstić information content (AvgIpc) is 2.13. The van der Waals surface area contributed by atoms with E-state index < -0.39 is 11.8 Å². The van der Waals surface area contributed by atoms with Crippen LogP contribution in [0.4, 0.5) is 0 Å². The van der Waals surface area contributed by atoms with Crippen LogP contribution in [0.1, 0.15) is 27.2 Å². The zero-order valence-corrected chi connectivity index (χ0v) is 8.62. The van der Waals surface area contributed by atoms with Crippen LogP contribution < -0.4 is 0 Å². The number of hydrogen-bond acceptors (Lipinski definition) is 4. The lowest BCUT2D eigenvalue weighted by atomic mass is 10.1. The van der Waals surface area contributed by atoms with Crippen molar-refractivity contribution in [3.05, 3.63) is 11.6 Å². The molecular formula is C10H14O4. The molecule has 0 rings (SSSR count). The van der Waals surface area contributed by atoms with Crippen molar-refractivity contribution in [2.45, 2.75) is 27.2 Å². The molecule has 0 aromatic carbocycles. The summed E-state index contributed by atoms with van der Waals surface area (Å²) >= 11 is 0. The second-order valence-electron chi connectivity index (χ2n) is 2.65. The number of ketones is 2. The Balaban J connectivity index is 4.76. The Morgan fingerprint density at radius 3 is 2.14 bits per heavy atom. The van der Waals surface area contributed by atoms with Crippen molar-refractivity contribution in [2.75, 3.05) is 6.61 Å². The van der Waals surface area contributed by atoms with Crippen molar-refractivity contribution in [2.24, 2.45) is 0 Å². The molecule has 78 valence electrons. The van der Waals surface area contributed by atoms with Crippen LogP contribution in [-0.4, -0.2) is 24.1 Å². The van der Waals surface area contributed by atoms with Crippen LogP contribution in [0.5, 0.6) is 0 Å². The van der Waals surface area contributed by atoms with Crippen molar-refractivity contribution in [1.82, 2.24) is 0 Å². The molecule has 0 fully saturated rings. The first-order valence-electron chi connectivity index (χ1n) is 4.45. The summed E-state index contributed by atoms with van der Waals surface area (Å²) in [5, 5.41) is 0. The predicted molar refractivity (Wildman–Crippen MR) is 50.7 cm³/mol. The van der Waals surface area contributed by atoms with Gasteiger partial charge in [0, 0.05) is 6.42 Å². The maximum atomic E-state index is 11.2. The van der Waals surface area contributed by atoms with E-state index in [1.807, 2.05) is 0 Å². The summed E-state index contributed by atoms with van der Waals surface area (Å²) in [6.07, 6.45) is 1.30. The van der Waals surface area contributed by atoms with Gasteiger partial charge in [0.05, 0.1) is 6.61 Å². The minimum absolute atomic E-state index is 0.182. The smallest absolute Gasteiger partial charge is 0.341 e. The van der Waals surface area contributed by atoms with E-state index in [1.54, 1.807) is 13.8 Å². The van der Waals surface area contributed by atoms with Gasteiger partial charge >= 0.3 is 5.97 Å². The van der Waals surface area contributed by atoms with Gasteiger partial charge in [-0.05, 0) is 19.9 Å². The number of carbonyl (C=O) groups excluding carboxylic acids is 3. The van der Waals surface area contributed by atoms with E-state index in [0.717, 1.165) is 6.08 Å². The molecular weight excluding hydrogens is 184 g/mol. The number of ether oxygens (including phenoxy) is 1. The maximum Gasteiger partial charge on any atom is 0.341 e. The average molecular weight is 198 g/mol. The molecule has 0 bridgehead atoms. The van der Waals surface area contributed by atoms with Gasteiger partial charge in [0.2, 0.25) is 0 Å². The third-order valence-electron chi connectivity index (χ3n) is 1.53. The van der Waals surface area contributed by atoms with E-state index in [1.165, 1.54) is 6.92 Å². The Hall–Kier alpha value is -1.45. The Bertz CT molecular complexity index is 276. The summed E-state index contributed by atoms with van der Waals surface area (Å²) < 4.78 is 4.63. The molecule has 4 heteroatoms. The third kappa shape index (κ3) is 3.98. The fourth-order valence-corrected chi connectivity index (χ4v) is 0.776. The Kier molecular flexibility index (Phi) is 5.44. The molecule has 0 saturated heterocycles. The molecule has 0 radical (unpaired) electrons. The fourth-order valence-electron chi connectivity index (χ4n) is 0.776. The Morgan fingerprint density at radius 1 is 1.21 bits per heavy atom. The summed E-state index contributed by atoms with van der Waals surface area (Å²) in [5.41, 5.74) is -0.182. The first-order chi connectivity index (χ1) is 6.52. The highest BCUT2D eigenvalue weighted by Gasteiger charge is 2.16. The lowest BCUT2D eigenvalue weighted by molar-refractivity contribution is -0.140. The molecule has 4 nitrogen and oxygen atoms in total. The maximum absolute atomic E-state index is 11.2. The summed E-state index contributed by atoms with van der Waals surface area (Å²) in [6, 6.07) is 0. The molecule has 0 amide bonds. The molecule has 0 aromatic heterocycles. The standard InChI is InChI=1S/C10H14O4/c1-4-8(12)6-9(7(3)11)10(13)14-5-2/h6H,4-5H2,1-3H3/b9-6+. The number of esters is 1. The van der Waals surface area contributed by atoms with Gasteiger partial charge in [-0.1, -0.05) is 6.92 Å². The number of rotatable bonds is 5. The summed E-state index contributed by atoms with van der Waals surface area (Å²) in [6.45, 7) is 4.70. The van der Waals surface area contributed by atoms with Crippen molar-refractivity contribution in [1.29, 1.82) is 0 Å². The molecule has 0 aliphatic heterocycles. The van der Waals surface area contributed by atoms with Gasteiger partial charge in [0.15, 0.2) is 11.6 Å². The van der Waals surface area contributed by atoms with Gasteiger partial charge in [-0.25, -0.2) is 4.79 Å². The molecule has 0 heterocycles. The van der Waals surface area contributed by atoms with Gasteiger partial charge in [-0.3, -0.25) is 9.59 Å². The molecule has 0 spiro atoms. The monoisotopic (exact) mass is 198 g/mol. The summed E-state index contributed by atoms with van der Waals surface area (Å²) in [7, 11) is 0. The van der Waals surface area contributed by atoms with Gasteiger partial charge in [-0.15, -0.1) is 0 Å². The molecule has 0 saturated carbocycles. The lowest BCUT2D eigenvalue weighted by Crippen LogP contribution is -2.15. The molecule has 0 atom stereocenters. The summed E-state index contributed by atoms with van der Waals surface area (Å²) in [4.78, 5) is 33.2. The quantitative estimate of drug-likeness (QED) is 0.286. The number of Topliss-reactive ketones (excluding diaryl/α,β-unsaturated/α-hetero) is 1. The second-order valence-corrected chi connectivity index (χ2v) is 2.65. The van der Waals surface area contributed by atoms with Crippen LogP contribution in [0.2, 0.25) is 0 Å². The molecule has 0 N–H and O–H groups in total. The van der Waals surface area contributed by atoms with Gasteiger partial charge in [-0.2, -0.15) is 0 Å². The van der Waals surface area contributed by atoms with Crippen LogP contribution in [0, 0.1) is 0 Å². The minimum Gasteiger partial charge on any atom is -0.462 e. The Labute approximate surface area is 82.9 Å². The lowest BCUT2D eigenvalue weighted by Gasteiger charge is -2.02. The van der Waals surface area contributed by atoms with E-state index in [4.69, 9.17) is 0 Å². The molecule has 14 heavy (non-hydrogen) atoms. The highest BCUT2D eigenvalue weighted by atomic mass is 16.5. The zero-order chi connectivity index (χ0) is 11.1. The molecule has 0 aliphatic rings. The second kappa shape index (κ2) is 6.07. The van der Waals surface area contributed by atoms with Crippen LogP contribution in [-0.2, 0) is 19.1 Å². The van der Waals surface area contributed by atoms with Crippen molar-refractivity contribution >= 4 is 17.5 Å². The molecule has 0 aliphatic carbocycles. The van der Waals surface area contributed by atoms with E-state index >= 15 is 0 Å². The van der Waals surface area contributed by atoms with Crippen LogP contribution in [0.3, 0.4) is 0 Å². The van der Waals surface area contributed by atoms with Gasteiger partial charge in [0.25, 0.3) is 0 Å².